The molecule has 1 aromatic carbocycles. The van der Waals surface area contributed by atoms with E-state index in [4.69, 9.17) is 5.11 Å². The molecule has 0 fully saturated rings. The molecule has 1 rings (SSSR count). The molecule has 0 saturated carbocycles. The fourth-order valence-corrected chi connectivity index (χ4v) is 1.08. The van der Waals surface area contributed by atoms with Crippen molar-refractivity contribution in [1.29, 1.82) is 0 Å². The third kappa shape index (κ3) is 3.50. The second kappa shape index (κ2) is 4.21. The maximum atomic E-state index is 12.9. The Balaban J connectivity index is 2.98. The van der Waals surface area contributed by atoms with E-state index in [2.05, 4.69) is 0 Å². The molecule has 1 N–H and O–H groups in total. The highest BCUT2D eigenvalue weighted by atomic mass is 19.3. The zero-order chi connectivity index (χ0) is 11.5. The highest BCUT2D eigenvalue weighted by Gasteiger charge is 2.23. The lowest BCUT2D eigenvalue weighted by molar-refractivity contribution is -0.131. The van der Waals surface area contributed by atoms with E-state index in [9.17, 15) is 13.6 Å². The van der Waals surface area contributed by atoms with Gasteiger partial charge in [0.15, 0.2) is 0 Å². The van der Waals surface area contributed by atoms with Crippen molar-refractivity contribution in [3.05, 3.63) is 41.5 Å². The van der Waals surface area contributed by atoms with Gasteiger partial charge in [0.1, 0.15) is 0 Å². The highest BCUT2D eigenvalue weighted by Crippen LogP contribution is 2.27. The van der Waals surface area contributed by atoms with Crippen molar-refractivity contribution >= 4 is 12.0 Å². The number of hydrogen-bond acceptors (Lipinski definition) is 1. The Kier molecular flexibility index (Phi) is 3.19. The van der Waals surface area contributed by atoms with Crippen molar-refractivity contribution in [3.8, 4) is 0 Å². The van der Waals surface area contributed by atoms with Crippen LogP contribution in [0.2, 0.25) is 0 Å². The van der Waals surface area contributed by atoms with Gasteiger partial charge >= 0.3 is 5.97 Å². The molecule has 0 aliphatic rings. The summed E-state index contributed by atoms with van der Waals surface area (Å²) in [5.41, 5.74) is 0.312. The Bertz CT molecular complexity index is 392. The summed E-state index contributed by atoms with van der Waals surface area (Å²) in [6.07, 6.45) is 2.19. The predicted octanol–water partition coefficient (Wildman–Crippen LogP) is 2.90. The first-order chi connectivity index (χ1) is 6.89. The second-order valence-electron chi connectivity index (χ2n) is 3.19. The van der Waals surface area contributed by atoms with E-state index in [1.54, 1.807) is 6.07 Å². The molecule has 15 heavy (non-hydrogen) atoms. The lowest BCUT2D eigenvalue weighted by Crippen LogP contribution is -2.06. The number of alkyl halides is 2. The van der Waals surface area contributed by atoms with Gasteiger partial charge in [0.2, 0.25) is 0 Å². The van der Waals surface area contributed by atoms with E-state index >= 15 is 0 Å². The number of carbonyl (C=O) groups is 1. The molecular weight excluding hydrogens is 202 g/mol. The average molecular weight is 212 g/mol. The molecule has 4 heteroatoms. The Labute approximate surface area is 85.9 Å². The first-order valence-corrected chi connectivity index (χ1v) is 4.29. The van der Waals surface area contributed by atoms with E-state index < -0.39 is 11.9 Å². The zero-order valence-corrected chi connectivity index (χ0v) is 8.08. The van der Waals surface area contributed by atoms with Gasteiger partial charge < -0.3 is 5.11 Å². The van der Waals surface area contributed by atoms with Crippen molar-refractivity contribution in [2.75, 3.05) is 0 Å². The van der Waals surface area contributed by atoms with Crippen molar-refractivity contribution in [1.82, 2.24) is 0 Å². The van der Waals surface area contributed by atoms with Crippen molar-refractivity contribution in [3.63, 3.8) is 0 Å². The summed E-state index contributed by atoms with van der Waals surface area (Å²) in [6, 6.07) is 5.60. The third-order valence-corrected chi connectivity index (χ3v) is 1.81. The maximum absolute atomic E-state index is 12.9. The zero-order valence-electron chi connectivity index (χ0n) is 8.08. The number of carboxylic acid groups (broad SMARTS) is 1. The van der Waals surface area contributed by atoms with E-state index in [0.717, 1.165) is 13.0 Å². The number of rotatable bonds is 3. The van der Waals surface area contributed by atoms with Crippen LogP contribution >= 0.6 is 0 Å². The summed E-state index contributed by atoms with van der Waals surface area (Å²) >= 11 is 0. The van der Waals surface area contributed by atoms with Gasteiger partial charge in [-0.05, 0) is 17.7 Å². The van der Waals surface area contributed by atoms with Gasteiger partial charge in [-0.2, -0.15) is 0 Å². The van der Waals surface area contributed by atoms with Gasteiger partial charge in [0.05, 0.1) is 0 Å². The SMILES string of the molecule is CC(F)(F)c1cccc(/C=C/C(=O)O)c1. The minimum Gasteiger partial charge on any atom is -0.478 e. The second-order valence-corrected chi connectivity index (χ2v) is 3.19. The van der Waals surface area contributed by atoms with Crippen LogP contribution in [0, 0.1) is 0 Å². The third-order valence-electron chi connectivity index (χ3n) is 1.81. The van der Waals surface area contributed by atoms with Crippen LogP contribution in [0.5, 0.6) is 0 Å². The van der Waals surface area contributed by atoms with Gasteiger partial charge in [0, 0.05) is 18.6 Å². The number of aliphatic carboxylic acids is 1. The van der Waals surface area contributed by atoms with E-state index in [-0.39, 0.29) is 5.56 Å². The summed E-state index contributed by atoms with van der Waals surface area (Å²) in [5, 5.41) is 8.37. The minimum absolute atomic E-state index is 0.130. The number of hydrogen-bond donors (Lipinski definition) is 1. The number of benzene rings is 1. The monoisotopic (exact) mass is 212 g/mol. The summed E-state index contributed by atoms with van der Waals surface area (Å²) < 4.78 is 25.8. The molecule has 0 heterocycles. The van der Waals surface area contributed by atoms with Crippen molar-refractivity contribution in [2.45, 2.75) is 12.8 Å². The summed E-state index contributed by atoms with van der Waals surface area (Å²) in [6.45, 7) is 0.799. The molecule has 80 valence electrons. The molecule has 0 spiro atoms. The minimum atomic E-state index is -2.91. The molecule has 0 aliphatic carbocycles. The average Bonchev–Trinajstić information content (AvgIpc) is 2.14. The lowest BCUT2D eigenvalue weighted by Gasteiger charge is -2.10. The fourth-order valence-electron chi connectivity index (χ4n) is 1.08. The summed E-state index contributed by atoms with van der Waals surface area (Å²) in [4.78, 5) is 10.2. The predicted molar refractivity (Wildman–Crippen MR) is 52.7 cm³/mol. The van der Waals surface area contributed by atoms with Crippen molar-refractivity contribution < 1.29 is 18.7 Å². The topological polar surface area (TPSA) is 37.3 Å². The smallest absolute Gasteiger partial charge is 0.328 e. The standard InChI is InChI=1S/C11H10F2O2/c1-11(12,13)9-4-2-3-8(7-9)5-6-10(14)15/h2-7H,1H3,(H,14,15)/b6-5+. The molecule has 1 aromatic rings. The maximum Gasteiger partial charge on any atom is 0.328 e. The molecule has 0 atom stereocenters. The van der Waals surface area contributed by atoms with Crippen molar-refractivity contribution in [2.24, 2.45) is 0 Å². The van der Waals surface area contributed by atoms with Gasteiger partial charge in [-0.1, -0.05) is 18.2 Å². The highest BCUT2D eigenvalue weighted by molar-refractivity contribution is 5.85. The summed E-state index contributed by atoms with van der Waals surface area (Å²) in [5.74, 6) is -4.02. The largest absolute Gasteiger partial charge is 0.478 e. The van der Waals surface area contributed by atoms with Crippen LogP contribution in [-0.4, -0.2) is 11.1 Å². The van der Waals surface area contributed by atoms with Crippen LogP contribution in [0.1, 0.15) is 18.1 Å². The van der Waals surface area contributed by atoms with Gasteiger partial charge in [-0.25, -0.2) is 13.6 Å². The molecular formula is C11H10F2O2. The Morgan fingerprint density at radius 3 is 2.67 bits per heavy atom. The first kappa shape index (κ1) is 11.4. The number of halogens is 2. The van der Waals surface area contributed by atoms with Crippen LogP contribution in [0.15, 0.2) is 30.3 Å². The van der Waals surface area contributed by atoms with Crippen LogP contribution in [0.25, 0.3) is 6.08 Å². The van der Waals surface area contributed by atoms with Crippen LogP contribution in [0.4, 0.5) is 8.78 Å². The fraction of sp³-hybridized carbons (Fsp3) is 0.182. The summed E-state index contributed by atoms with van der Waals surface area (Å²) in [7, 11) is 0. The van der Waals surface area contributed by atoms with E-state index in [0.29, 0.717) is 5.56 Å². The molecule has 0 saturated heterocycles. The van der Waals surface area contributed by atoms with Gasteiger partial charge in [-0.3, -0.25) is 0 Å². The molecule has 0 unspecified atom stereocenters. The van der Waals surface area contributed by atoms with Crippen LogP contribution in [0.3, 0.4) is 0 Å². The number of carboxylic acids is 1. The Morgan fingerprint density at radius 2 is 2.13 bits per heavy atom. The molecule has 0 amide bonds. The van der Waals surface area contributed by atoms with Gasteiger partial charge in [0.25, 0.3) is 5.92 Å². The van der Waals surface area contributed by atoms with Crippen LogP contribution in [-0.2, 0) is 10.7 Å². The molecule has 2 nitrogen and oxygen atoms in total. The van der Waals surface area contributed by atoms with E-state index in [1.807, 2.05) is 0 Å². The Hall–Kier alpha value is -1.71. The van der Waals surface area contributed by atoms with Crippen LogP contribution < -0.4 is 0 Å². The quantitative estimate of drug-likeness (QED) is 0.782. The lowest BCUT2D eigenvalue weighted by atomic mass is 10.1. The normalized spacial score (nSPS) is 11.9. The molecule has 0 bridgehead atoms. The van der Waals surface area contributed by atoms with E-state index in [1.165, 1.54) is 24.3 Å². The first-order valence-electron chi connectivity index (χ1n) is 4.29. The Morgan fingerprint density at radius 1 is 1.47 bits per heavy atom. The van der Waals surface area contributed by atoms with Gasteiger partial charge in [-0.15, -0.1) is 0 Å². The molecule has 0 aromatic heterocycles. The molecule has 0 radical (unpaired) electrons. The molecule has 0 aliphatic heterocycles.